The first-order chi connectivity index (χ1) is 11.8. The number of hydrogen-bond donors (Lipinski definition) is 1. The van der Waals surface area contributed by atoms with Crippen molar-refractivity contribution in [1.82, 2.24) is 4.90 Å². The lowest BCUT2D eigenvalue weighted by atomic mass is 10.1. The van der Waals surface area contributed by atoms with Crippen molar-refractivity contribution in [3.05, 3.63) is 69.8 Å². The van der Waals surface area contributed by atoms with Gasteiger partial charge < -0.3 is 15.4 Å². The number of anilines is 1. The van der Waals surface area contributed by atoms with Gasteiger partial charge in [0.25, 0.3) is 11.6 Å². The number of ether oxygens (including phenoxy) is 1. The maximum atomic E-state index is 12.4. The number of non-ortho nitro benzene ring substituents is 1. The summed E-state index contributed by atoms with van der Waals surface area (Å²) in [4.78, 5) is 36.2. The molecular formula is C17H17N3O5. The van der Waals surface area contributed by atoms with Crippen molar-refractivity contribution in [1.29, 1.82) is 0 Å². The number of likely N-dealkylation sites (N-methyl/N-ethyl adjacent to an activating group) is 1. The fourth-order valence-electron chi connectivity index (χ4n) is 2.14. The lowest BCUT2D eigenvalue weighted by molar-refractivity contribution is -0.384. The van der Waals surface area contributed by atoms with E-state index in [0.29, 0.717) is 5.56 Å². The number of nitrogens with two attached hydrogens (primary N) is 1. The second-order valence-corrected chi connectivity index (χ2v) is 5.46. The Morgan fingerprint density at radius 3 is 2.32 bits per heavy atom. The summed E-state index contributed by atoms with van der Waals surface area (Å²) < 4.78 is 5.35. The molecule has 0 heterocycles. The van der Waals surface area contributed by atoms with Crippen LogP contribution in [0.4, 0.5) is 11.4 Å². The largest absolute Gasteiger partial charge is 0.444 e. The smallest absolute Gasteiger partial charge is 0.341 e. The second kappa shape index (κ2) is 7.43. The van der Waals surface area contributed by atoms with E-state index in [2.05, 4.69) is 0 Å². The van der Waals surface area contributed by atoms with Crippen LogP contribution in [0.15, 0.2) is 48.5 Å². The minimum atomic E-state index is -1.14. The second-order valence-electron chi connectivity index (χ2n) is 5.46. The van der Waals surface area contributed by atoms with Crippen LogP contribution in [0.25, 0.3) is 0 Å². The molecule has 1 atom stereocenters. The number of nitro benzene ring substituents is 1. The van der Waals surface area contributed by atoms with Crippen LogP contribution in [0.3, 0.4) is 0 Å². The van der Waals surface area contributed by atoms with Crippen molar-refractivity contribution in [2.75, 3.05) is 19.8 Å². The highest BCUT2D eigenvalue weighted by molar-refractivity contribution is 5.97. The molecule has 0 aromatic heterocycles. The van der Waals surface area contributed by atoms with E-state index in [1.54, 1.807) is 44.4 Å². The van der Waals surface area contributed by atoms with E-state index in [1.807, 2.05) is 0 Å². The van der Waals surface area contributed by atoms with Gasteiger partial charge in [0.15, 0.2) is 0 Å². The van der Waals surface area contributed by atoms with Crippen molar-refractivity contribution in [3.8, 4) is 0 Å². The lowest BCUT2D eigenvalue weighted by Gasteiger charge is -2.21. The summed E-state index contributed by atoms with van der Waals surface area (Å²) in [5, 5.41) is 10.7. The highest BCUT2D eigenvalue weighted by Gasteiger charge is 2.28. The van der Waals surface area contributed by atoms with Crippen LogP contribution in [0.5, 0.6) is 0 Å². The average molecular weight is 343 g/mol. The first-order valence-electron chi connectivity index (χ1n) is 7.32. The Bertz CT molecular complexity index is 805. The number of carbonyl (C=O) groups is 2. The Morgan fingerprint density at radius 1 is 1.16 bits per heavy atom. The Labute approximate surface area is 144 Å². The van der Waals surface area contributed by atoms with E-state index in [1.165, 1.54) is 11.0 Å². The molecule has 0 aliphatic heterocycles. The molecule has 130 valence electrons. The molecule has 0 saturated heterocycles. The van der Waals surface area contributed by atoms with Crippen LogP contribution < -0.4 is 5.73 Å². The summed E-state index contributed by atoms with van der Waals surface area (Å²) in [7, 11) is 3.10. The predicted molar refractivity (Wildman–Crippen MR) is 90.8 cm³/mol. The predicted octanol–water partition coefficient (Wildman–Crippen LogP) is 2.16. The van der Waals surface area contributed by atoms with E-state index in [9.17, 15) is 19.7 Å². The molecule has 2 aromatic rings. The monoisotopic (exact) mass is 343 g/mol. The summed E-state index contributed by atoms with van der Waals surface area (Å²) in [6, 6.07) is 12.0. The van der Waals surface area contributed by atoms with Gasteiger partial charge in [0.2, 0.25) is 6.10 Å². The van der Waals surface area contributed by atoms with Crippen LogP contribution in [0, 0.1) is 10.1 Å². The maximum Gasteiger partial charge on any atom is 0.341 e. The minimum Gasteiger partial charge on any atom is -0.444 e. The fraction of sp³-hybridized carbons (Fsp3) is 0.176. The quantitative estimate of drug-likeness (QED) is 0.385. The molecular weight excluding hydrogens is 326 g/mol. The van der Waals surface area contributed by atoms with Gasteiger partial charge in [-0.3, -0.25) is 14.9 Å². The fourth-order valence-corrected chi connectivity index (χ4v) is 2.14. The van der Waals surface area contributed by atoms with Crippen LogP contribution >= 0.6 is 0 Å². The molecule has 0 fully saturated rings. The number of hydrogen-bond acceptors (Lipinski definition) is 6. The topological polar surface area (TPSA) is 116 Å². The molecule has 0 unspecified atom stereocenters. The highest BCUT2D eigenvalue weighted by atomic mass is 16.6. The SMILES string of the molecule is CN(C)C(=O)[C@@H](OC(=O)c1ccc([N+](=O)[O-])cc1N)c1ccccc1. The van der Waals surface area contributed by atoms with E-state index < -0.39 is 22.9 Å². The van der Waals surface area contributed by atoms with E-state index in [0.717, 1.165) is 12.1 Å². The molecule has 8 nitrogen and oxygen atoms in total. The van der Waals surface area contributed by atoms with Gasteiger partial charge in [-0.15, -0.1) is 0 Å². The van der Waals surface area contributed by atoms with Crippen LogP contribution in [-0.2, 0) is 9.53 Å². The zero-order valence-corrected chi connectivity index (χ0v) is 13.7. The van der Waals surface area contributed by atoms with Crippen LogP contribution in [0.2, 0.25) is 0 Å². The first-order valence-corrected chi connectivity index (χ1v) is 7.32. The number of carbonyl (C=O) groups excluding carboxylic acids is 2. The van der Waals surface area contributed by atoms with Crippen molar-refractivity contribution in [2.45, 2.75) is 6.10 Å². The molecule has 2 rings (SSSR count). The molecule has 0 bridgehead atoms. The summed E-state index contributed by atoms with van der Waals surface area (Å²) >= 11 is 0. The van der Waals surface area contributed by atoms with Crippen molar-refractivity contribution < 1.29 is 19.2 Å². The maximum absolute atomic E-state index is 12.4. The Kier molecular flexibility index (Phi) is 5.33. The summed E-state index contributed by atoms with van der Waals surface area (Å²) in [6.45, 7) is 0. The molecule has 25 heavy (non-hydrogen) atoms. The van der Waals surface area contributed by atoms with Gasteiger partial charge in [-0.1, -0.05) is 30.3 Å². The number of nitro groups is 1. The van der Waals surface area contributed by atoms with Gasteiger partial charge >= 0.3 is 5.97 Å². The molecule has 0 spiro atoms. The molecule has 1 amide bonds. The van der Waals surface area contributed by atoms with Gasteiger partial charge in [-0.25, -0.2) is 4.79 Å². The highest BCUT2D eigenvalue weighted by Crippen LogP contribution is 2.25. The van der Waals surface area contributed by atoms with E-state index in [4.69, 9.17) is 10.5 Å². The first kappa shape index (κ1) is 17.9. The zero-order valence-electron chi connectivity index (χ0n) is 13.7. The average Bonchev–Trinajstić information content (AvgIpc) is 2.59. The van der Waals surface area contributed by atoms with Crippen molar-refractivity contribution >= 4 is 23.3 Å². The molecule has 0 saturated carbocycles. The van der Waals surface area contributed by atoms with E-state index in [-0.39, 0.29) is 16.9 Å². The van der Waals surface area contributed by atoms with Crippen molar-refractivity contribution in [3.63, 3.8) is 0 Å². The van der Waals surface area contributed by atoms with Gasteiger partial charge in [0.05, 0.1) is 16.2 Å². The molecule has 0 aliphatic carbocycles. The normalized spacial score (nSPS) is 11.4. The Hall–Kier alpha value is -3.42. The molecule has 2 aromatic carbocycles. The number of benzene rings is 2. The summed E-state index contributed by atoms with van der Waals surface area (Å²) in [6.07, 6.45) is -1.14. The number of esters is 1. The number of nitrogens with zero attached hydrogens (tertiary/aromatic N) is 2. The molecule has 8 heteroatoms. The Morgan fingerprint density at radius 2 is 1.80 bits per heavy atom. The lowest BCUT2D eigenvalue weighted by Crippen LogP contribution is -2.31. The third-order valence-corrected chi connectivity index (χ3v) is 3.46. The molecule has 0 aliphatic rings. The van der Waals surface area contributed by atoms with Gasteiger partial charge in [-0.05, 0) is 6.07 Å². The minimum absolute atomic E-state index is 0.0434. The zero-order chi connectivity index (χ0) is 18.6. The van der Waals surface area contributed by atoms with Gasteiger partial charge in [0.1, 0.15) is 0 Å². The van der Waals surface area contributed by atoms with Crippen LogP contribution in [0.1, 0.15) is 22.0 Å². The third kappa shape index (κ3) is 4.11. The number of amides is 1. The Balaban J connectivity index is 2.31. The van der Waals surface area contributed by atoms with Crippen LogP contribution in [-0.4, -0.2) is 35.8 Å². The summed E-state index contributed by atoms with van der Waals surface area (Å²) in [5.74, 6) is -1.25. The third-order valence-electron chi connectivity index (χ3n) is 3.46. The van der Waals surface area contributed by atoms with Gasteiger partial charge in [-0.2, -0.15) is 0 Å². The van der Waals surface area contributed by atoms with E-state index >= 15 is 0 Å². The number of nitrogen functional groups attached to an aromatic ring is 1. The van der Waals surface area contributed by atoms with Gasteiger partial charge in [0, 0.05) is 31.8 Å². The standard InChI is InChI=1S/C17H17N3O5/c1-19(2)16(21)15(11-6-4-3-5-7-11)25-17(22)13-9-8-12(20(23)24)10-14(13)18/h3-10,15H,18H2,1-2H3/t15-/m0/s1. The number of rotatable bonds is 5. The summed E-state index contributed by atoms with van der Waals surface area (Å²) in [5.41, 5.74) is 5.84. The molecule has 2 N–H and O–H groups in total. The van der Waals surface area contributed by atoms with Crippen molar-refractivity contribution in [2.24, 2.45) is 0 Å². The molecule has 0 radical (unpaired) electrons.